The molecular weight excluding hydrogens is 976 g/mol. The lowest BCUT2D eigenvalue weighted by Gasteiger charge is -2.26. The van der Waals surface area contributed by atoms with Crippen molar-refractivity contribution in [1.29, 1.82) is 0 Å². The van der Waals surface area contributed by atoms with Crippen LogP contribution in [0, 0.1) is 0 Å². The largest absolute Gasteiger partial charge is 0.354 e. The molecule has 4 nitrogen and oxygen atoms in total. The van der Waals surface area contributed by atoms with Crippen LogP contribution in [-0.2, 0) is 32.5 Å². The number of nitrogens with zero attached hydrogens (tertiary/aromatic N) is 2. The summed E-state index contributed by atoms with van der Waals surface area (Å²) >= 11 is 0. The molecule has 2 N–H and O–H groups in total. The van der Waals surface area contributed by atoms with E-state index in [0.29, 0.717) is 0 Å². The van der Waals surface area contributed by atoms with Gasteiger partial charge in [0.15, 0.2) is 0 Å². The van der Waals surface area contributed by atoms with Gasteiger partial charge in [0.2, 0.25) is 0 Å². The van der Waals surface area contributed by atoms with Crippen molar-refractivity contribution in [3.05, 3.63) is 172 Å². The maximum Gasteiger partial charge on any atom is 0.0853 e. The maximum atomic E-state index is 6.05. The molecule has 7 heterocycles. The Hall–Kier alpha value is -7.00. The van der Waals surface area contributed by atoms with Crippen LogP contribution in [0.4, 0.5) is 0 Å². The first-order valence-corrected chi connectivity index (χ1v) is 30.0. The van der Waals surface area contributed by atoms with E-state index in [2.05, 4.69) is 274 Å². The minimum absolute atomic E-state index is 0.0977. The van der Waals surface area contributed by atoms with E-state index in [0.717, 1.165) is 78.0 Å². The Morgan fingerprint density at radius 3 is 1.20 bits per heavy atom. The van der Waals surface area contributed by atoms with Crippen LogP contribution in [0.5, 0.6) is 0 Å². The molecule has 4 aromatic heterocycles. The Balaban J connectivity index is 1.37. The number of hydrogen-bond donors (Lipinski definition) is 2. The average Bonchev–Trinajstić information content (AvgIpc) is 4.44. The van der Waals surface area contributed by atoms with Crippen molar-refractivity contribution in [2.24, 2.45) is 0 Å². The fourth-order valence-electron chi connectivity index (χ4n) is 12.0. The van der Waals surface area contributed by atoms with Gasteiger partial charge in [-0.15, -0.1) is 0 Å². The summed E-state index contributed by atoms with van der Waals surface area (Å²) in [4.78, 5) is 20.4. The van der Waals surface area contributed by atoms with Crippen molar-refractivity contribution < 1.29 is 0 Å². The summed E-state index contributed by atoms with van der Waals surface area (Å²) < 4.78 is 0. The van der Waals surface area contributed by atoms with Crippen LogP contribution in [0.15, 0.2) is 127 Å². The molecule has 400 valence electrons. The lowest BCUT2D eigenvalue weighted by atomic mass is 9.78. The first-order valence-electron chi connectivity index (χ1n) is 28.6. The predicted octanol–water partition coefficient (Wildman–Crippen LogP) is 21.8. The van der Waals surface area contributed by atoms with Crippen molar-refractivity contribution in [3.8, 4) is 44.6 Å². The zero-order chi connectivity index (χ0) is 56.3. The van der Waals surface area contributed by atoms with Crippen LogP contribution < -0.4 is 0 Å². The molecule has 0 saturated heterocycles. The van der Waals surface area contributed by atoms with Crippen molar-refractivity contribution in [3.63, 3.8) is 0 Å². The van der Waals surface area contributed by atoms with E-state index in [1.165, 1.54) is 70.5 Å². The second-order valence-electron chi connectivity index (χ2n) is 29.1. The molecule has 0 fully saturated rings. The highest BCUT2D eigenvalue weighted by molar-refractivity contribution is 7.62. The first-order chi connectivity index (χ1) is 36.9. The van der Waals surface area contributed by atoms with E-state index < -0.39 is 7.34 Å². The van der Waals surface area contributed by atoms with E-state index in [1.54, 1.807) is 0 Å². The molecule has 9 aromatic rings. The van der Waals surface area contributed by atoms with Gasteiger partial charge in [-0.1, -0.05) is 235 Å². The highest BCUT2D eigenvalue weighted by Crippen LogP contribution is 2.57. The summed E-state index contributed by atoms with van der Waals surface area (Å²) in [5.74, 6) is 0. The molecule has 12 rings (SSSR count). The van der Waals surface area contributed by atoms with Crippen LogP contribution >= 0.6 is 7.34 Å². The molecule has 0 amide bonds. The maximum absolute atomic E-state index is 6.05. The summed E-state index contributed by atoms with van der Waals surface area (Å²) in [6.07, 6.45) is 4.55. The van der Waals surface area contributed by atoms with Crippen LogP contribution in [0.25, 0.3) is 116 Å². The zero-order valence-electron chi connectivity index (χ0n) is 50.1. The number of aromatic nitrogens is 4. The Labute approximate surface area is 469 Å². The van der Waals surface area contributed by atoms with E-state index in [-0.39, 0.29) is 32.5 Å². The van der Waals surface area contributed by atoms with Gasteiger partial charge < -0.3 is 9.97 Å². The summed E-state index contributed by atoms with van der Waals surface area (Å²) in [6, 6.07) is 49.7. The normalized spacial score (nSPS) is 13.9. The topological polar surface area (TPSA) is 57.4 Å². The van der Waals surface area contributed by atoms with Crippen molar-refractivity contribution >= 4 is 78.6 Å². The molecule has 0 spiro atoms. The van der Waals surface area contributed by atoms with Gasteiger partial charge in [-0.25, -0.2) is 9.97 Å². The third kappa shape index (κ3) is 9.07. The van der Waals surface area contributed by atoms with Gasteiger partial charge in [-0.3, -0.25) is 0 Å². The second-order valence-corrected chi connectivity index (χ2v) is 31.2. The zero-order valence-corrected chi connectivity index (χ0v) is 51.0. The lowest BCUT2D eigenvalue weighted by molar-refractivity contribution is 0.568. The van der Waals surface area contributed by atoms with Crippen molar-refractivity contribution in [2.75, 3.05) is 0 Å². The van der Waals surface area contributed by atoms with Gasteiger partial charge in [0.25, 0.3) is 0 Å². The Kier molecular flexibility index (Phi) is 11.8. The lowest BCUT2D eigenvalue weighted by Crippen LogP contribution is -2.16. The summed E-state index contributed by atoms with van der Waals surface area (Å²) in [5.41, 5.74) is 23.2. The van der Waals surface area contributed by atoms with E-state index in [1.807, 2.05) is 0 Å². The summed E-state index contributed by atoms with van der Waals surface area (Å²) in [5, 5.41) is 7.75. The monoisotopic (exact) mass is 1050 g/mol. The van der Waals surface area contributed by atoms with Crippen LogP contribution in [-0.4, -0.2) is 19.9 Å². The third-order valence-corrected chi connectivity index (χ3v) is 19.5. The molecule has 3 aliphatic rings. The fraction of sp³-hybridized carbons (Fsp3) is 0.324. The molecule has 79 heavy (non-hydrogen) atoms. The van der Waals surface area contributed by atoms with Crippen LogP contribution in [0.1, 0.15) is 169 Å². The molecule has 1 atom stereocenters. The highest BCUT2D eigenvalue weighted by Gasteiger charge is 2.30. The average molecular weight is 1060 g/mol. The Morgan fingerprint density at radius 2 is 0.747 bits per heavy atom. The molecular formula is C74H79N4P. The summed E-state index contributed by atoms with van der Waals surface area (Å²) in [7, 11) is -1.02. The number of hydrogen-bond acceptors (Lipinski definition) is 2. The number of fused-ring (bicyclic) bond motifs is 12. The number of H-pyrrole nitrogens is 2. The first kappa shape index (κ1) is 52.7. The molecule has 0 radical (unpaired) electrons. The van der Waals surface area contributed by atoms with Gasteiger partial charge in [-0.2, -0.15) is 0 Å². The molecule has 1 unspecified atom stereocenters. The highest BCUT2D eigenvalue weighted by atomic mass is 31.1. The molecule has 3 aliphatic heterocycles. The molecule has 0 saturated carbocycles. The van der Waals surface area contributed by atoms with Gasteiger partial charge in [-0.05, 0) is 130 Å². The van der Waals surface area contributed by atoms with Gasteiger partial charge in [0.05, 0.1) is 28.1 Å². The molecule has 8 bridgehead atoms. The van der Waals surface area contributed by atoms with Crippen molar-refractivity contribution in [1.82, 2.24) is 19.9 Å². The quantitative estimate of drug-likeness (QED) is 0.173. The molecule has 5 heteroatoms. The van der Waals surface area contributed by atoms with Gasteiger partial charge in [0.1, 0.15) is 0 Å². The van der Waals surface area contributed by atoms with Crippen LogP contribution in [0.2, 0.25) is 0 Å². The molecule has 5 aromatic carbocycles. The van der Waals surface area contributed by atoms with Crippen molar-refractivity contribution in [2.45, 2.75) is 157 Å². The predicted molar refractivity (Wildman–Crippen MR) is 346 cm³/mol. The van der Waals surface area contributed by atoms with Crippen LogP contribution in [0.3, 0.4) is 0 Å². The number of rotatable bonds is 3. The minimum atomic E-state index is -1.02. The third-order valence-electron chi connectivity index (χ3n) is 16.9. The Morgan fingerprint density at radius 1 is 0.354 bits per heavy atom. The fourth-order valence-corrected chi connectivity index (χ4v) is 14.9. The number of benzene rings is 5. The SMILES string of the molecule is CC(C)(C)c1cc(-c2c3nc(c(-c4cc(C(C)(C)C)cc(C(C)(C)C)c4)c4cc5c6ccccc6p6c7ccccc7c7cc(nc-7c6c5[nH]4)c(-c4cc(C(C)(C)C)cc(C(C)(C)C)c4)c4ccc2[nH]4)C=C3)cc(C(C)(C)C)c1. The van der Waals surface area contributed by atoms with Gasteiger partial charge >= 0.3 is 0 Å². The van der Waals surface area contributed by atoms with Gasteiger partial charge in [0, 0.05) is 59.5 Å². The summed E-state index contributed by atoms with van der Waals surface area (Å²) in [6.45, 7) is 42.0. The van der Waals surface area contributed by atoms with E-state index >= 15 is 0 Å². The standard InChI is InChI=1S/C74H79N4P/c1-69(2,3)45-31-42(32-46(37-45)70(4,5)6)63-55-27-29-57(75-55)64(43-33-47(71(7,8)9)38-48(34-43)72(10,11)12)59-40-53-51-23-19-21-25-61(51)79-62-26-22-20-24-52(62)54-41-60(78-67(54)68(79)66(53)77-59)65(58-30-28-56(63)76-58)44-35-49(73(13,14)15)39-50(36-44)74(16,17)18/h19-41,75,78H,1-18H3. The smallest absolute Gasteiger partial charge is 0.0853 e. The van der Waals surface area contributed by atoms with E-state index in [4.69, 9.17) is 9.97 Å². The molecule has 0 aliphatic carbocycles. The Bertz CT molecular complexity index is 4310. The number of nitrogens with one attached hydrogen (secondary N) is 2. The second kappa shape index (κ2) is 17.8. The van der Waals surface area contributed by atoms with E-state index in [9.17, 15) is 0 Å². The number of aromatic amines is 2. The minimum Gasteiger partial charge on any atom is -0.354 e.